The molecule has 1 aliphatic carbocycles. The van der Waals surface area contributed by atoms with E-state index in [4.69, 9.17) is 0 Å². The quantitative estimate of drug-likeness (QED) is 0.823. The third kappa shape index (κ3) is 2.67. The highest BCUT2D eigenvalue weighted by Crippen LogP contribution is 2.41. The van der Waals surface area contributed by atoms with Crippen LogP contribution in [0.1, 0.15) is 19.3 Å². The maximum Gasteiger partial charge on any atom is 0.186 e. The number of rotatable bonds is 3. The monoisotopic (exact) mass is 377 g/mol. The minimum atomic E-state index is -3.25. The Bertz CT molecular complexity index is 906. The second kappa shape index (κ2) is 5.66. The normalized spacial score (nSPS) is 27.8. The fourth-order valence-corrected chi connectivity index (χ4v) is 6.67. The number of likely N-dealkylation sites (tertiary alicyclic amines) is 1. The van der Waals surface area contributed by atoms with Crippen molar-refractivity contribution in [2.45, 2.75) is 30.2 Å². The summed E-state index contributed by atoms with van der Waals surface area (Å²) in [6.07, 6.45) is 5.52. The molecule has 2 atom stereocenters. The van der Waals surface area contributed by atoms with Crippen LogP contribution in [0.3, 0.4) is 0 Å². The van der Waals surface area contributed by atoms with E-state index in [9.17, 15) is 8.42 Å². The van der Waals surface area contributed by atoms with Gasteiger partial charge in [-0.1, -0.05) is 23.8 Å². The highest BCUT2D eigenvalue weighted by atomic mass is 32.2. The molecule has 5 nitrogen and oxygen atoms in total. The molecule has 1 aromatic heterocycles. The molecule has 3 aliphatic rings. The van der Waals surface area contributed by atoms with Gasteiger partial charge in [0.05, 0.1) is 9.60 Å². The molecule has 0 amide bonds. The highest BCUT2D eigenvalue weighted by Gasteiger charge is 2.42. The van der Waals surface area contributed by atoms with E-state index in [-0.39, 0.29) is 0 Å². The van der Waals surface area contributed by atoms with Crippen LogP contribution in [0.15, 0.2) is 23.1 Å². The molecule has 2 unspecified atom stereocenters. The van der Waals surface area contributed by atoms with Gasteiger partial charge in [0.1, 0.15) is 5.52 Å². The van der Waals surface area contributed by atoms with Crippen LogP contribution in [0.2, 0.25) is 0 Å². The summed E-state index contributed by atoms with van der Waals surface area (Å²) < 4.78 is 24.9. The van der Waals surface area contributed by atoms with E-state index in [0.717, 1.165) is 34.8 Å². The molecular formula is C18H23N3O2S2. The number of anilines is 1. The minimum absolute atomic E-state index is 0.344. The molecule has 1 aromatic carbocycles. The van der Waals surface area contributed by atoms with Crippen LogP contribution in [0.25, 0.3) is 10.2 Å². The van der Waals surface area contributed by atoms with Crippen LogP contribution in [-0.2, 0) is 9.84 Å². The molecular weight excluding hydrogens is 354 g/mol. The first-order valence-corrected chi connectivity index (χ1v) is 11.8. The highest BCUT2D eigenvalue weighted by molar-refractivity contribution is 7.91. The maximum absolute atomic E-state index is 12.0. The number of hydrogen-bond acceptors (Lipinski definition) is 6. The molecule has 2 saturated heterocycles. The molecule has 0 spiro atoms. The van der Waals surface area contributed by atoms with Crippen LogP contribution >= 0.6 is 11.3 Å². The summed E-state index contributed by atoms with van der Waals surface area (Å²) in [5.74, 6) is 1.88. The first-order chi connectivity index (χ1) is 12.0. The van der Waals surface area contributed by atoms with Gasteiger partial charge in [0, 0.05) is 38.5 Å². The van der Waals surface area contributed by atoms with Crippen molar-refractivity contribution in [1.29, 1.82) is 0 Å². The van der Waals surface area contributed by atoms with Crippen molar-refractivity contribution in [1.82, 2.24) is 9.88 Å². The van der Waals surface area contributed by atoms with Crippen molar-refractivity contribution < 1.29 is 8.42 Å². The first-order valence-electron chi connectivity index (χ1n) is 9.07. The molecule has 2 aromatic rings. The van der Waals surface area contributed by atoms with Gasteiger partial charge in [-0.2, -0.15) is 0 Å². The van der Waals surface area contributed by atoms with Crippen molar-refractivity contribution in [2.75, 3.05) is 37.3 Å². The maximum atomic E-state index is 12.0. The van der Waals surface area contributed by atoms with Crippen LogP contribution in [0.4, 0.5) is 5.13 Å². The van der Waals surface area contributed by atoms with Crippen LogP contribution < -0.4 is 4.90 Å². The summed E-state index contributed by atoms with van der Waals surface area (Å²) in [6, 6.07) is 6.07. The van der Waals surface area contributed by atoms with Crippen LogP contribution in [0.5, 0.6) is 0 Å². The molecule has 25 heavy (non-hydrogen) atoms. The topological polar surface area (TPSA) is 53.5 Å². The minimum Gasteiger partial charge on any atom is -0.345 e. The Morgan fingerprint density at radius 1 is 1.12 bits per heavy atom. The van der Waals surface area contributed by atoms with Crippen molar-refractivity contribution >= 4 is 36.5 Å². The number of nitrogens with zero attached hydrogens (tertiary/aromatic N) is 3. The van der Waals surface area contributed by atoms with Crippen LogP contribution in [-0.4, -0.2) is 56.8 Å². The zero-order valence-corrected chi connectivity index (χ0v) is 16.0. The number of aromatic nitrogens is 1. The average Bonchev–Trinajstić information content (AvgIpc) is 3.16. The molecule has 0 radical (unpaired) electrons. The number of benzene rings is 1. The molecule has 3 heterocycles. The molecule has 3 fully saturated rings. The summed E-state index contributed by atoms with van der Waals surface area (Å²) >= 11 is 1.60. The molecule has 0 N–H and O–H groups in total. The standard InChI is InChI=1S/C18H23N3O2S2/c1-25(22,23)16-7-3-6-15-17(16)19-18(24-15)21-10-14(11-21)20-8-12-4-2-5-13(12)9-20/h3,6-7,12-14H,2,4-5,8-11H2,1H3. The van der Waals surface area contributed by atoms with E-state index in [0.29, 0.717) is 16.5 Å². The van der Waals surface area contributed by atoms with Gasteiger partial charge in [-0.25, -0.2) is 13.4 Å². The Kier molecular flexibility index (Phi) is 3.63. The van der Waals surface area contributed by atoms with Gasteiger partial charge in [-0.05, 0) is 36.8 Å². The first kappa shape index (κ1) is 16.0. The number of sulfone groups is 1. The van der Waals surface area contributed by atoms with Crippen molar-refractivity contribution in [3.8, 4) is 0 Å². The number of fused-ring (bicyclic) bond motifs is 2. The van der Waals surface area contributed by atoms with Crippen molar-refractivity contribution in [2.24, 2.45) is 11.8 Å². The van der Waals surface area contributed by atoms with Crippen molar-refractivity contribution in [3.05, 3.63) is 18.2 Å². The third-order valence-corrected chi connectivity index (χ3v) is 8.38. The summed E-state index contributed by atoms with van der Waals surface area (Å²) in [6.45, 7) is 4.60. The van der Waals surface area contributed by atoms with E-state index in [1.165, 1.54) is 38.6 Å². The van der Waals surface area contributed by atoms with E-state index >= 15 is 0 Å². The second-order valence-electron chi connectivity index (χ2n) is 7.84. The second-order valence-corrected chi connectivity index (χ2v) is 10.8. The summed E-state index contributed by atoms with van der Waals surface area (Å²) in [7, 11) is -3.25. The van der Waals surface area contributed by atoms with Gasteiger partial charge in [-0.3, -0.25) is 4.90 Å². The van der Waals surface area contributed by atoms with E-state index in [1.807, 2.05) is 12.1 Å². The predicted octanol–water partition coefficient (Wildman–Crippen LogP) is 2.62. The number of hydrogen-bond donors (Lipinski definition) is 0. The van der Waals surface area contributed by atoms with Gasteiger partial charge < -0.3 is 4.90 Å². The average molecular weight is 378 g/mol. The smallest absolute Gasteiger partial charge is 0.186 e. The van der Waals surface area contributed by atoms with Crippen molar-refractivity contribution in [3.63, 3.8) is 0 Å². The fraction of sp³-hybridized carbons (Fsp3) is 0.611. The lowest BCUT2D eigenvalue weighted by Crippen LogP contribution is -2.59. The van der Waals surface area contributed by atoms with Gasteiger partial charge in [-0.15, -0.1) is 0 Å². The lowest BCUT2D eigenvalue weighted by Gasteiger charge is -2.44. The molecule has 2 aliphatic heterocycles. The number of para-hydroxylation sites is 1. The summed E-state index contributed by atoms with van der Waals surface area (Å²) in [5.41, 5.74) is 0.629. The van der Waals surface area contributed by atoms with E-state index < -0.39 is 9.84 Å². The molecule has 134 valence electrons. The third-order valence-electron chi connectivity index (χ3n) is 6.17. The van der Waals surface area contributed by atoms with E-state index in [1.54, 1.807) is 17.4 Å². The molecule has 1 saturated carbocycles. The van der Waals surface area contributed by atoms with Gasteiger partial charge in [0.2, 0.25) is 0 Å². The Morgan fingerprint density at radius 3 is 2.52 bits per heavy atom. The Morgan fingerprint density at radius 2 is 1.84 bits per heavy atom. The largest absolute Gasteiger partial charge is 0.345 e. The van der Waals surface area contributed by atoms with E-state index in [2.05, 4.69) is 14.8 Å². The van der Waals surface area contributed by atoms with Crippen LogP contribution in [0, 0.1) is 11.8 Å². The zero-order chi connectivity index (χ0) is 17.2. The lowest BCUT2D eigenvalue weighted by atomic mass is 10.0. The lowest BCUT2D eigenvalue weighted by molar-refractivity contribution is 0.190. The zero-order valence-electron chi connectivity index (χ0n) is 14.4. The fourth-order valence-electron chi connectivity index (χ4n) is 4.76. The van der Waals surface area contributed by atoms with Gasteiger partial charge in [0.15, 0.2) is 15.0 Å². The predicted molar refractivity (Wildman–Crippen MR) is 101 cm³/mol. The van der Waals surface area contributed by atoms with Gasteiger partial charge >= 0.3 is 0 Å². The molecule has 5 rings (SSSR count). The molecule has 7 heteroatoms. The summed E-state index contributed by atoms with van der Waals surface area (Å²) in [4.78, 5) is 9.99. The Labute approximate surface area is 152 Å². The summed E-state index contributed by atoms with van der Waals surface area (Å²) in [5, 5.41) is 0.960. The SMILES string of the molecule is CS(=O)(=O)c1cccc2sc(N3CC(N4CC5CCCC5C4)C3)nc12. The number of thiazole rings is 1. The Hall–Kier alpha value is -1.18. The Balaban J connectivity index is 1.33. The van der Waals surface area contributed by atoms with Gasteiger partial charge in [0.25, 0.3) is 0 Å². The molecule has 0 bridgehead atoms.